The van der Waals surface area contributed by atoms with Gasteiger partial charge < -0.3 is 11.1 Å². The van der Waals surface area contributed by atoms with Crippen molar-refractivity contribution in [3.8, 4) is 0 Å². The molecule has 25 heavy (non-hydrogen) atoms. The highest BCUT2D eigenvalue weighted by molar-refractivity contribution is 9.10. The van der Waals surface area contributed by atoms with E-state index < -0.39 is 0 Å². The number of aryl methyl sites for hydroxylation is 2. The number of carbonyl (C=O) groups excluding carboxylic acids is 1. The molecule has 0 saturated carbocycles. The summed E-state index contributed by atoms with van der Waals surface area (Å²) in [5.41, 5.74) is 10.0. The third-order valence-electron chi connectivity index (χ3n) is 4.58. The van der Waals surface area contributed by atoms with Gasteiger partial charge in [-0.3, -0.25) is 4.79 Å². The molecule has 4 nitrogen and oxygen atoms in total. The number of benzene rings is 1. The SMILES string of the molecule is Nc1c(C(=O)Nc2ccccc2Br)sc2nc3c(cc12)CCCCC3. The average Bonchev–Trinajstić information content (AvgIpc) is 2.78. The number of anilines is 2. The molecule has 0 bridgehead atoms. The third kappa shape index (κ3) is 3.16. The molecule has 3 aromatic rings. The second-order valence-electron chi connectivity index (χ2n) is 6.29. The molecule has 1 aromatic carbocycles. The first-order valence-corrected chi connectivity index (χ1v) is 10.0. The van der Waals surface area contributed by atoms with Gasteiger partial charge in [0, 0.05) is 15.6 Å². The van der Waals surface area contributed by atoms with Gasteiger partial charge in [0.2, 0.25) is 0 Å². The van der Waals surface area contributed by atoms with Crippen LogP contribution in [0.4, 0.5) is 11.4 Å². The largest absolute Gasteiger partial charge is 0.397 e. The molecule has 0 saturated heterocycles. The summed E-state index contributed by atoms with van der Waals surface area (Å²) in [5, 5.41) is 3.83. The quantitative estimate of drug-likeness (QED) is 0.567. The van der Waals surface area contributed by atoms with Crippen molar-refractivity contribution in [2.45, 2.75) is 32.1 Å². The summed E-state index contributed by atoms with van der Waals surface area (Å²) >= 11 is 4.82. The summed E-state index contributed by atoms with van der Waals surface area (Å²) in [6, 6.07) is 9.68. The lowest BCUT2D eigenvalue weighted by molar-refractivity contribution is 0.103. The Morgan fingerprint density at radius 1 is 1.20 bits per heavy atom. The van der Waals surface area contributed by atoms with Crippen LogP contribution in [-0.4, -0.2) is 10.9 Å². The van der Waals surface area contributed by atoms with Gasteiger partial charge in [0.25, 0.3) is 5.91 Å². The van der Waals surface area contributed by atoms with Crippen molar-refractivity contribution in [1.82, 2.24) is 4.98 Å². The van der Waals surface area contributed by atoms with Crippen LogP contribution in [0, 0.1) is 0 Å². The van der Waals surface area contributed by atoms with Gasteiger partial charge in [-0.1, -0.05) is 18.6 Å². The highest BCUT2D eigenvalue weighted by Gasteiger charge is 2.20. The number of amides is 1. The number of nitrogens with one attached hydrogen (secondary N) is 1. The second kappa shape index (κ2) is 6.77. The van der Waals surface area contributed by atoms with Crippen LogP contribution in [0.25, 0.3) is 10.2 Å². The predicted molar refractivity (Wildman–Crippen MR) is 107 cm³/mol. The van der Waals surface area contributed by atoms with Crippen molar-refractivity contribution in [2.75, 3.05) is 11.1 Å². The molecule has 6 heteroatoms. The Morgan fingerprint density at radius 3 is 2.84 bits per heavy atom. The van der Waals surface area contributed by atoms with E-state index in [1.807, 2.05) is 24.3 Å². The average molecular weight is 416 g/mol. The van der Waals surface area contributed by atoms with E-state index in [1.165, 1.54) is 41.9 Å². The minimum atomic E-state index is -0.192. The molecule has 2 aromatic heterocycles. The molecule has 0 spiro atoms. The molecular formula is C19H18BrN3OS. The number of nitrogens with zero attached hydrogens (tertiary/aromatic N) is 1. The Hall–Kier alpha value is -1.92. The number of fused-ring (bicyclic) bond motifs is 2. The predicted octanol–water partition coefficient (Wildman–Crippen LogP) is 5.16. The first-order chi connectivity index (χ1) is 12.1. The number of hydrogen-bond acceptors (Lipinski definition) is 4. The zero-order valence-corrected chi connectivity index (χ0v) is 16.0. The molecule has 0 unspecified atom stereocenters. The second-order valence-corrected chi connectivity index (χ2v) is 8.14. The van der Waals surface area contributed by atoms with E-state index in [1.54, 1.807) is 0 Å². The molecule has 0 atom stereocenters. The van der Waals surface area contributed by atoms with Crippen molar-refractivity contribution in [3.05, 3.63) is 50.9 Å². The third-order valence-corrected chi connectivity index (χ3v) is 6.38. The molecule has 1 amide bonds. The van der Waals surface area contributed by atoms with Gasteiger partial charge in [-0.15, -0.1) is 11.3 Å². The van der Waals surface area contributed by atoms with Crippen LogP contribution < -0.4 is 11.1 Å². The first-order valence-electron chi connectivity index (χ1n) is 8.40. The Kier molecular flexibility index (Phi) is 4.48. The topological polar surface area (TPSA) is 68.0 Å². The highest BCUT2D eigenvalue weighted by atomic mass is 79.9. The molecule has 2 heterocycles. The number of hydrogen-bond donors (Lipinski definition) is 2. The van der Waals surface area contributed by atoms with E-state index in [-0.39, 0.29) is 5.91 Å². The van der Waals surface area contributed by atoms with Gasteiger partial charge in [-0.2, -0.15) is 0 Å². The van der Waals surface area contributed by atoms with Crippen molar-refractivity contribution in [3.63, 3.8) is 0 Å². The molecule has 1 aliphatic rings. The van der Waals surface area contributed by atoms with Crippen molar-refractivity contribution in [2.24, 2.45) is 0 Å². The lowest BCUT2D eigenvalue weighted by Gasteiger charge is -2.06. The van der Waals surface area contributed by atoms with Crippen LogP contribution in [0.3, 0.4) is 0 Å². The summed E-state index contributed by atoms with van der Waals surface area (Å²) < 4.78 is 0.841. The molecule has 0 aliphatic heterocycles. The fourth-order valence-corrected chi connectivity index (χ4v) is 4.62. The number of halogens is 1. The fraction of sp³-hybridized carbons (Fsp3) is 0.263. The fourth-order valence-electron chi connectivity index (χ4n) is 3.25. The van der Waals surface area contributed by atoms with Gasteiger partial charge in [-0.05, 0) is 65.4 Å². The van der Waals surface area contributed by atoms with Crippen LogP contribution in [0.5, 0.6) is 0 Å². The number of para-hydroxylation sites is 1. The maximum absolute atomic E-state index is 12.7. The van der Waals surface area contributed by atoms with Gasteiger partial charge in [-0.25, -0.2) is 4.98 Å². The number of aromatic nitrogens is 1. The zero-order valence-electron chi connectivity index (χ0n) is 13.6. The number of rotatable bonds is 2. The van der Waals surface area contributed by atoms with Crippen LogP contribution in [0.2, 0.25) is 0 Å². The number of nitrogen functional groups attached to an aromatic ring is 1. The number of thiophene rings is 1. The van der Waals surface area contributed by atoms with Gasteiger partial charge in [0.05, 0.1) is 11.4 Å². The summed E-state index contributed by atoms with van der Waals surface area (Å²) in [6.07, 6.45) is 5.69. The lowest BCUT2D eigenvalue weighted by Crippen LogP contribution is -2.12. The summed E-state index contributed by atoms with van der Waals surface area (Å²) in [7, 11) is 0. The molecule has 3 N–H and O–H groups in total. The zero-order chi connectivity index (χ0) is 17.4. The van der Waals surface area contributed by atoms with Crippen LogP contribution in [0.15, 0.2) is 34.8 Å². The van der Waals surface area contributed by atoms with E-state index >= 15 is 0 Å². The maximum atomic E-state index is 12.7. The molecule has 1 aliphatic carbocycles. The summed E-state index contributed by atoms with van der Waals surface area (Å²) in [5.74, 6) is -0.192. The van der Waals surface area contributed by atoms with E-state index in [2.05, 4.69) is 27.3 Å². The normalized spacial score (nSPS) is 14.1. The Balaban J connectivity index is 1.71. The van der Waals surface area contributed by atoms with Gasteiger partial charge >= 0.3 is 0 Å². The Morgan fingerprint density at radius 2 is 2.00 bits per heavy atom. The van der Waals surface area contributed by atoms with E-state index in [0.29, 0.717) is 10.6 Å². The van der Waals surface area contributed by atoms with Crippen molar-refractivity contribution >= 4 is 54.8 Å². The van der Waals surface area contributed by atoms with Crippen LogP contribution >= 0.6 is 27.3 Å². The molecule has 0 fully saturated rings. The van der Waals surface area contributed by atoms with E-state index in [4.69, 9.17) is 10.7 Å². The molecular weight excluding hydrogens is 398 g/mol. The smallest absolute Gasteiger partial charge is 0.267 e. The van der Waals surface area contributed by atoms with Gasteiger partial charge in [0.15, 0.2) is 0 Å². The summed E-state index contributed by atoms with van der Waals surface area (Å²) in [6.45, 7) is 0. The van der Waals surface area contributed by atoms with Gasteiger partial charge in [0.1, 0.15) is 9.71 Å². The highest BCUT2D eigenvalue weighted by Crippen LogP contribution is 2.36. The van der Waals surface area contributed by atoms with E-state index in [0.717, 1.165) is 33.2 Å². The maximum Gasteiger partial charge on any atom is 0.267 e. The van der Waals surface area contributed by atoms with Crippen molar-refractivity contribution < 1.29 is 4.79 Å². The van der Waals surface area contributed by atoms with Crippen LogP contribution in [-0.2, 0) is 12.8 Å². The molecule has 128 valence electrons. The van der Waals surface area contributed by atoms with Crippen molar-refractivity contribution in [1.29, 1.82) is 0 Å². The Labute approximate surface area is 158 Å². The van der Waals surface area contributed by atoms with E-state index in [9.17, 15) is 4.79 Å². The minimum absolute atomic E-state index is 0.192. The molecule has 4 rings (SSSR count). The lowest BCUT2D eigenvalue weighted by atomic mass is 10.1. The Bertz CT molecular complexity index is 967. The van der Waals surface area contributed by atoms with Crippen LogP contribution in [0.1, 0.15) is 40.2 Å². The molecule has 0 radical (unpaired) electrons. The summed E-state index contributed by atoms with van der Waals surface area (Å²) in [4.78, 5) is 18.9. The number of nitrogens with two attached hydrogens (primary N) is 1. The first kappa shape index (κ1) is 16.5. The number of pyridine rings is 1. The standard InChI is InChI=1S/C19H18BrN3OS/c20-13-7-4-5-9-15(13)22-18(24)17-16(21)12-10-11-6-2-1-3-8-14(11)23-19(12)25-17/h4-5,7,9-10H,1-3,6,8,21H2,(H,22,24). The minimum Gasteiger partial charge on any atom is -0.397 e. The monoisotopic (exact) mass is 415 g/mol. The number of carbonyl (C=O) groups is 1.